The molecule has 0 fully saturated rings. The molecule has 2 heterocycles. The lowest BCUT2D eigenvalue weighted by molar-refractivity contribution is 0.102. The molecule has 0 bridgehead atoms. The molecule has 9 heteroatoms. The summed E-state index contributed by atoms with van der Waals surface area (Å²) >= 11 is 0. The minimum absolute atomic E-state index is 0. The molecule has 0 aliphatic rings. The van der Waals surface area contributed by atoms with Crippen molar-refractivity contribution in [2.24, 2.45) is 0 Å². The van der Waals surface area contributed by atoms with E-state index in [1.165, 1.54) is 7.11 Å². The molecule has 4 N–H and O–H groups in total. The molecule has 0 aliphatic carbocycles. The van der Waals surface area contributed by atoms with E-state index in [1.54, 1.807) is 42.6 Å². The van der Waals surface area contributed by atoms with E-state index >= 15 is 0 Å². The molecule has 1 amide bonds. The lowest BCUT2D eigenvalue weighted by atomic mass is 10.1. The summed E-state index contributed by atoms with van der Waals surface area (Å²) in [5, 5.41) is 6.24. The maximum Gasteiger partial charge on any atom is 0.261 e. The third-order valence-electron chi connectivity index (χ3n) is 5.64. The first-order chi connectivity index (χ1) is 17.1. The number of benzene rings is 3. The summed E-state index contributed by atoms with van der Waals surface area (Å²) in [5.74, 6) is 0.559. The first kappa shape index (κ1) is 24.6. The summed E-state index contributed by atoms with van der Waals surface area (Å²) in [6, 6.07) is 24.1. The molecular weight excluding hydrogens is 478 g/mol. The molecular formula is C27H24ClN5O3. The normalized spacial score (nSPS) is 10.5. The number of nitrogens with zero attached hydrogens (tertiary/aromatic N) is 1. The smallest absolute Gasteiger partial charge is 0.261 e. The Morgan fingerprint density at radius 1 is 0.944 bits per heavy atom. The van der Waals surface area contributed by atoms with E-state index in [0.29, 0.717) is 51.7 Å². The fourth-order valence-electron chi connectivity index (χ4n) is 3.93. The van der Waals surface area contributed by atoms with Gasteiger partial charge in [0.2, 0.25) is 0 Å². The largest absolute Gasteiger partial charge is 0.496 e. The van der Waals surface area contributed by atoms with Crippen LogP contribution < -0.4 is 20.9 Å². The first-order valence-electron chi connectivity index (χ1n) is 11.1. The van der Waals surface area contributed by atoms with Crippen molar-refractivity contribution in [1.82, 2.24) is 15.0 Å². The van der Waals surface area contributed by atoms with Crippen molar-refractivity contribution in [3.63, 3.8) is 0 Å². The van der Waals surface area contributed by atoms with Crippen LogP contribution in [0.25, 0.3) is 22.4 Å². The highest BCUT2D eigenvalue weighted by molar-refractivity contribution is 6.09. The van der Waals surface area contributed by atoms with Crippen molar-refractivity contribution in [2.45, 2.75) is 6.54 Å². The number of aromatic nitrogens is 3. The Morgan fingerprint density at radius 2 is 1.72 bits per heavy atom. The van der Waals surface area contributed by atoms with Crippen LogP contribution >= 0.6 is 12.4 Å². The van der Waals surface area contributed by atoms with Crippen LogP contribution in [0.1, 0.15) is 15.9 Å². The second-order valence-corrected chi connectivity index (χ2v) is 7.88. The number of pyridine rings is 1. The van der Waals surface area contributed by atoms with Gasteiger partial charge in [0, 0.05) is 12.7 Å². The molecule has 3 aromatic carbocycles. The van der Waals surface area contributed by atoms with E-state index in [-0.39, 0.29) is 23.9 Å². The number of hydrogen-bond acceptors (Lipinski definition) is 5. The zero-order chi connectivity index (χ0) is 24.2. The number of halogens is 1. The highest BCUT2D eigenvalue weighted by Gasteiger charge is 2.18. The summed E-state index contributed by atoms with van der Waals surface area (Å²) in [6.45, 7) is 0.553. The quantitative estimate of drug-likeness (QED) is 0.244. The van der Waals surface area contributed by atoms with E-state index in [0.717, 1.165) is 5.56 Å². The van der Waals surface area contributed by atoms with E-state index in [4.69, 9.17) is 4.74 Å². The van der Waals surface area contributed by atoms with Gasteiger partial charge >= 0.3 is 0 Å². The Balaban J connectivity index is 0.00000304. The third-order valence-corrected chi connectivity index (χ3v) is 5.64. The zero-order valence-electron chi connectivity index (χ0n) is 19.4. The number of methoxy groups -OCH3 is 1. The maximum atomic E-state index is 12.9. The number of anilines is 2. The number of fused-ring (bicyclic) bond motifs is 1. The summed E-state index contributed by atoms with van der Waals surface area (Å²) in [4.78, 5) is 36.4. The van der Waals surface area contributed by atoms with Gasteiger partial charge in [0.15, 0.2) is 0 Å². The number of nitrogens with one attached hydrogen (secondary N) is 4. The number of H-pyrrole nitrogens is 2. The summed E-state index contributed by atoms with van der Waals surface area (Å²) in [7, 11) is 1.52. The average molecular weight is 502 g/mol. The molecule has 0 spiro atoms. The number of carbonyl (C=O) groups is 1. The number of imidazole rings is 1. The molecule has 0 aliphatic heterocycles. The Morgan fingerprint density at radius 3 is 2.53 bits per heavy atom. The number of carbonyl (C=O) groups excluding carboxylic acids is 1. The SMILES string of the molecule is COc1ccccc1C(=O)Nc1cccc2[nH]c(-c3c(NCc4ccccc4)cc[nH]c3=O)nc12.Cl. The fourth-order valence-corrected chi connectivity index (χ4v) is 3.93. The monoisotopic (exact) mass is 501 g/mol. The van der Waals surface area contributed by atoms with Crippen LogP contribution in [0.15, 0.2) is 89.9 Å². The Bertz CT molecular complexity index is 1560. The second-order valence-electron chi connectivity index (χ2n) is 7.88. The van der Waals surface area contributed by atoms with Gasteiger partial charge in [-0.3, -0.25) is 9.59 Å². The zero-order valence-corrected chi connectivity index (χ0v) is 20.2. The van der Waals surface area contributed by atoms with E-state index in [2.05, 4.69) is 25.6 Å². The Labute approximate surface area is 213 Å². The number of ether oxygens (including phenoxy) is 1. The highest BCUT2D eigenvalue weighted by atomic mass is 35.5. The number of rotatable bonds is 7. The predicted molar refractivity (Wildman–Crippen MR) is 144 cm³/mol. The van der Waals surface area contributed by atoms with Gasteiger partial charge in [-0.25, -0.2) is 4.98 Å². The second kappa shape index (κ2) is 10.8. The molecule has 2 aromatic heterocycles. The molecule has 36 heavy (non-hydrogen) atoms. The van der Waals surface area contributed by atoms with Crippen LogP contribution in [0.4, 0.5) is 11.4 Å². The van der Waals surface area contributed by atoms with Gasteiger partial charge in [0.25, 0.3) is 11.5 Å². The van der Waals surface area contributed by atoms with Crippen LogP contribution in [-0.2, 0) is 6.54 Å². The first-order valence-corrected chi connectivity index (χ1v) is 11.1. The van der Waals surface area contributed by atoms with Gasteiger partial charge in [0.05, 0.1) is 29.6 Å². The van der Waals surface area contributed by atoms with Crippen LogP contribution in [0.2, 0.25) is 0 Å². The summed E-state index contributed by atoms with van der Waals surface area (Å²) in [5.41, 5.74) is 4.02. The molecule has 8 nitrogen and oxygen atoms in total. The average Bonchev–Trinajstić information content (AvgIpc) is 3.33. The fraction of sp³-hybridized carbons (Fsp3) is 0.0741. The Hall–Kier alpha value is -4.56. The van der Waals surface area contributed by atoms with Crippen LogP contribution in [0.5, 0.6) is 5.75 Å². The molecule has 0 saturated heterocycles. The Kier molecular flexibility index (Phi) is 7.36. The van der Waals surface area contributed by atoms with Gasteiger partial charge in [-0.05, 0) is 35.9 Å². The van der Waals surface area contributed by atoms with Gasteiger partial charge in [0.1, 0.15) is 22.7 Å². The van der Waals surface area contributed by atoms with Crippen LogP contribution in [0.3, 0.4) is 0 Å². The molecule has 0 radical (unpaired) electrons. The minimum Gasteiger partial charge on any atom is -0.496 e. The maximum absolute atomic E-state index is 12.9. The van der Waals surface area contributed by atoms with Crippen molar-refractivity contribution < 1.29 is 9.53 Å². The summed E-state index contributed by atoms with van der Waals surface area (Å²) < 4.78 is 5.31. The van der Waals surface area contributed by atoms with E-state index in [1.807, 2.05) is 42.5 Å². The topological polar surface area (TPSA) is 112 Å². The number of amides is 1. The molecule has 0 unspecified atom stereocenters. The predicted octanol–water partition coefficient (Wildman–Crippen LogP) is 5.21. The van der Waals surface area contributed by atoms with Crippen LogP contribution in [-0.4, -0.2) is 28.0 Å². The molecule has 5 rings (SSSR count). The molecule has 0 saturated carbocycles. The number of para-hydroxylation sites is 2. The third kappa shape index (κ3) is 4.94. The van der Waals surface area contributed by atoms with E-state index < -0.39 is 0 Å². The van der Waals surface area contributed by atoms with Crippen molar-refractivity contribution in [3.05, 3.63) is 107 Å². The van der Waals surface area contributed by atoms with Gasteiger partial charge in [-0.1, -0.05) is 48.5 Å². The molecule has 0 atom stereocenters. The van der Waals surface area contributed by atoms with Crippen LogP contribution in [0, 0.1) is 0 Å². The van der Waals surface area contributed by atoms with Gasteiger partial charge in [-0.15, -0.1) is 12.4 Å². The number of aromatic amines is 2. The van der Waals surface area contributed by atoms with Crippen molar-refractivity contribution in [2.75, 3.05) is 17.7 Å². The highest BCUT2D eigenvalue weighted by Crippen LogP contribution is 2.29. The minimum atomic E-state index is -0.317. The van der Waals surface area contributed by atoms with Crippen molar-refractivity contribution >= 4 is 40.7 Å². The molecule has 182 valence electrons. The van der Waals surface area contributed by atoms with Gasteiger partial charge in [-0.2, -0.15) is 0 Å². The molecule has 5 aromatic rings. The van der Waals surface area contributed by atoms with E-state index in [9.17, 15) is 9.59 Å². The van der Waals surface area contributed by atoms with Crippen molar-refractivity contribution in [3.8, 4) is 17.1 Å². The van der Waals surface area contributed by atoms with Gasteiger partial charge < -0.3 is 25.3 Å². The lowest BCUT2D eigenvalue weighted by Crippen LogP contribution is -2.13. The standard InChI is InChI=1S/C27H23N5O3.ClH/c1-35-22-13-6-5-10-18(22)26(33)31-21-12-7-11-20-24(21)32-25(30-20)23-19(14-15-28-27(23)34)29-16-17-8-3-2-4-9-17;/h2-15H,16H2,1H3,(H,30,32)(H,31,33)(H2,28,29,34);1H. The van der Waals surface area contributed by atoms with Crippen molar-refractivity contribution in [1.29, 1.82) is 0 Å². The lowest BCUT2D eigenvalue weighted by Gasteiger charge is -2.10. The summed E-state index contributed by atoms with van der Waals surface area (Å²) in [6.07, 6.45) is 1.60. The number of hydrogen-bond donors (Lipinski definition) is 4.